The van der Waals surface area contributed by atoms with Crippen molar-refractivity contribution in [1.82, 2.24) is 0 Å². The monoisotopic (exact) mass is 322 g/mol. The molecule has 2 unspecified atom stereocenters. The lowest BCUT2D eigenvalue weighted by Gasteiger charge is -2.41. The van der Waals surface area contributed by atoms with Crippen LogP contribution in [-0.4, -0.2) is 12.2 Å². The van der Waals surface area contributed by atoms with Crippen LogP contribution in [0.5, 0.6) is 0 Å². The maximum Gasteiger partial charge on any atom is 0.416 e. The van der Waals surface area contributed by atoms with Crippen molar-refractivity contribution in [3.8, 4) is 0 Å². The predicted octanol–water partition coefficient (Wildman–Crippen LogP) is 3.25. The van der Waals surface area contributed by atoms with Crippen LogP contribution < -0.4 is 11.5 Å². The topological polar surface area (TPSA) is 52.0 Å². The second-order valence-electron chi connectivity index (χ2n) is 4.91. The normalized spacial score (nSPS) is 26.0. The molecular formula is C14H12F6N2. The maximum absolute atomic E-state index is 13.7. The van der Waals surface area contributed by atoms with Crippen LogP contribution >= 0.6 is 0 Å². The highest BCUT2D eigenvalue weighted by Gasteiger charge is 2.61. The average Bonchev–Trinajstić information content (AvgIpc) is 2.40. The summed E-state index contributed by atoms with van der Waals surface area (Å²) in [5.41, 5.74) is 5.29. The lowest BCUT2D eigenvalue weighted by atomic mass is 9.69. The molecule has 0 saturated carbocycles. The number of allylic oxidation sites excluding steroid dienone is 2. The second-order valence-corrected chi connectivity index (χ2v) is 4.91. The summed E-state index contributed by atoms with van der Waals surface area (Å²) >= 11 is 0. The number of nitrogens with two attached hydrogens (primary N) is 2. The standard InChI is InChI=1S/C14H12F6N2/c15-13(16,17)9-5-2-1-4-8(9)12(14(18,19)20)7-3-6-10(21)11(12)22/h1-7,11H,21-22H2. The van der Waals surface area contributed by atoms with Crippen LogP contribution in [0, 0.1) is 0 Å². The van der Waals surface area contributed by atoms with E-state index in [0.717, 1.165) is 30.4 Å². The third-order valence-electron chi connectivity index (χ3n) is 3.64. The molecule has 0 saturated heterocycles. The molecule has 0 amide bonds. The Bertz CT molecular complexity index is 629. The molecule has 0 radical (unpaired) electrons. The molecule has 4 N–H and O–H groups in total. The van der Waals surface area contributed by atoms with Crippen LogP contribution in [0.2, 0.25) is 0 Å². The minimum atomic E-state index is -5.05. The first-order valence-corrected chi connectivity index (χ1v) is 6.15. The van der Waals surface area contributed by atoms with Gasteiger partial charge in [-0.1, -0.05) is 30.4 Å². The van der Waals surface area contributed by atoms with Gasteiger partial charge in [-0.2, -0.15) is 26.3 Å². The Morgan fingerprint density at radius 1 is 1.00 bits per heavy atom. The van der Waals surface area contributed by atoms with E-state index >= 15 is 0 Å². The van der Waals surface area contributed by atoms with Crippen LogP contribution in [0.25, 0.3) is 0 Å². The molecule has 2 nitrogen and oxygen atoms in total. The van der Waals surface area contributed by atoms with E-state index < -0.39 is 34.9 Å². The molecule has 0 bridgehead atoms. The van der Waals surface area contributed by atoms with Gasteiger partial charge in [0.15, 0.2) is 0 Å². The van der Waals surface area contributed by atoms with E-state index in [4.69, 9.17) is 11.5 Å². The zero-order valence-corrected chi connectivity index (χ0v) is 11.0. The van der Waals surface area contributed by atoms with Gasteiger partial charge in [-0.15, -0.1) is 0 Å². The molecule has 1 aliphatic carbocycles. The van der Waals surface area contributed by atoms with Crippen molar-refractivity contribution in [2.24, 2.45) is 11.5 Å². The fourth-order valence-electron chi connectivity index (χ4n) is 2.55. The van der Waals surface area contributed by atoms with Crippen molar-refractivity contribution >= 4 is 0 Å². The fourth-order valence-corrected chi connectivity index (χ4v) is 2.55. The quantitative estimate of drug-likeness (QED) is 0.780. The summed E-state index contributed by atoms with van der Waals surface area (Å²) in [7, 11) is 0. The Morgan fingerprint density at radius 3 is 2.14 bits per heavy atom. The average molecular weight is 322 g/mol. The number of hydrogen-bond acceptors (Lipinski definition) is 2. The number of halogens is 6. The second kappa shape index (κ2) is 5.05. The molecule has 8 heteroatoms. The van der Waals surface area contributed by atoms with Gasteiger partial charge in [-0.05, 0) is 17.7 Å². The molecule has 1 aromatic rings. The summed E-state index contributed by atoms with van der Waals surface area (Å²) in [5, 5.41) is 0. The molecule has 120 valence electrons. The van der Waals surface area contributed by atoms with Gasteiger partial charge in [0, 0.05) is 5.70 Å². The van der Waals surface area contributed by atoms with E-state index in [2.05, 4.69) is 0 Å². The summed E-state index contributed by atoms with van der Waals surface area (Å²) in [4.78, 5) is 0. The van der Waals surface area contributed by atoms with Crippen LogP contribution in [0.4, 0.5) is 26.3 Å². The smallest absolute Gasteiger partial charge is 0.401 e. The van der Waals surface area contributed by atoms with E-state index in [9.17, 15) is 26.3 Å². The van der Waals surface area contributed by atoms with Crippen molar-refractivity contribution in [1.29, 1.82) is 0 Å². The molecule has 0 aliphatic heterocycles. The summed E-state index contributed by atoms with van der Waals surface area (Å²) in [6.07, 6.45) is -7.26. The third kappa shape index (κ3) is 2.37. The third-order valence-corrected chi connectivity index (χ3v) is 3.64. The summed E-state index contributed by atoms with van der Waals surface area (Å²) in [6, 6.07) is 1.65. The van der Waals surface area contributed by atoms with Gasteiger partial charge in [-0.3, -0.25) is 0 Å². The molecule has 2 rings (SSSR count). The summed E-state index contributed by atoms with van der Waals surface area (Å²) in [6.45, 7) is 0. The highest BCUT2D eigenvalue weighted by atomic mass is 19.4. The Labute approximate surface area is 122 Å². The van der Waals surface area contributed by atoms with Crippen LogP contribution in [0.3, 0.4) is 0 Å². The van der Waals surface area contributed by atoms with Crippen LogP contribution in [0.1, 0.15) is 11.1 Å². The predicted molar refractivity (Wildman–Crippen MR) is 68.6 cm³/mol. The first-order chi connectivity index (χ1) is 10.0. The molecule has 2 atom stereocenters. The zero-order valence-electron chi connectivity index (χ0n) is 11.0. The van der Waals surface area contributed by atoms with E-state index in [1.807, 2.05) is 0 Å². The number of hydrogen-bond donors (Lipinski definition) is 2. The summed E-state index contributed by atoms with van der Waals surface area (Å²) < 4.78 is 80.4. The van der Waals surface area contributed by atoms with Gasteiger partial charge in [0.25, 0.3) is 0 Å². The number of alkyl halides is 6. The molecule has 1 aromatic carbocycles. The van der Waals surface area contributed by atoms with Crippen LogP contribution in [-0.2, 0) is 11.6 Å². The van der Waals surface area contributed by atoms with E-state index in [1.165, 1.54) is 0 Å². The molecule has 1 aliphatic rings. The van der Waals surface area contributed by atoms with Gasteiger partial charge in [0.2, 0.25) is 0 Å². The van der Waals surface area contributed by atoms with E-state index in [0.29, 0.717) is 12.1 Å². The summed E-state index contributed by atoms with van der Waals surface area (Å²) in [5.74, 6) is 0. The molecule has 0 fully saturated rings. The Balaban J connectivity index is 2.80. The highest BCUT2D eigenvalue weighted by Crippen LogP contribution is 2.50. The minimum absolute atomic E-state index is 0.336. The molecule has 0 heterocycles. The van der Waals surface area contributed by atoms with Gasteiger partial charge in [0.05, 0.1) is 11.6 Å². The number of rotatable bonds is 1. The van der Waals surface area contributed by atoms with E-state index in [1.54, 1.807) is 0 Å². The first kappa shape index (κ1) is 16.4. The van der Waals surface area contributed by atoms with Gasteiger partial charge >= 0.3 is 12.4 Å². The molecule has 0 aromatic heterocycles. The molecule has 0 spiro atoms. The van der Waals surface area contributed by atoms with Crippen molar-refractivity contribution < 1.29 is 26.3 Å². The zero-order chi connectivity index (χ0) is 16.8. The van der Waals surface area contributed by atoms with Crippen molar-refractivity contribution in [3.05, 3.63) is 59.3 Å². The van der Waals surface area contributed by atoms with Gasteiger partial charge in [-0.25, -0.2) is 0 Å². The SMILES string of the molecule is NC1=CC=CC(c2ccccc2C(F)(F)F)(C(F)(F)F)C1N. The fraction of sp³-hybridized carbons (Fsp3) is 0.286. The van der Waals surface area contributed by atoms with Crippen molar-refractivity contribution in [2.45, 2.75) is 23.8 Å². The Morgan fingerprint density at radius 2 is 1.59 bits per heavy atom. The Kier molecular flexibility index (Phi) is 3.76. The van der Waals surface area contributed by atoms with Crippen molar-refractivity contribution in [2.75, 3.05) is 0 Å². The molecular weight excluding hydrogens is 310 g/mol. The van der Waals surface area contributed by atoms with Crippen LogP contribution in [0.15, 0.2) is 48.2 Å². The minimum Gasteiger partial charge on any atom is -0.401 e. The van der Waals surface area contributed by atoms with Gasteiger partial charge < -0.3 is 11.5 Å². The largest absolute Gasteiger partial charge is 0.416 e. The molecule has 22 heavy (non-hydrogen) atoms. The maximum atomic E-state index is 13.7. The Hall–Kier alpha value is -1.96. The highest BCUT2D eigenvalue weighted by molar-refractivity contribution is 5.48. The van der Waals surface area contributed by atoms with Gasteiger partial charge in [0.1, 0.15) is 5.41 Å². The van der Waals surface area contributed by atoms with Crippen molar-refractivity contribution in [3.63, 3.8) is 0 Å². The lowest BCUT2D eigenvalue weighted by Crippen LogP contribution is -2.57. The van der Waals surface area contributed by atoms with E-state index in [-0.39, 0.29) is 5.70 Å². The lowest BCUT2D eigenvalue weighted by molar-refractivity contribution is -0.183. The first-order valence-electron chi connectivity index (χ1n) is 6.15. The number of benzene rings is 1.